The predicted octanol–water partition coefficient (Wildman–Crippen LogP) is 0.0272. The van der Waals surface area contributed by atoms with Crippen molar-refractivity contribution in [3.05, 3.63) is 48.5 Å². The normalized spacial score (nSPS) is 31.4. The van der Waals surface area contributed by atoms with Crippen LogP contribution in [0.15, 0.2) is 43.0 Å². The maximum atomic E-state index is 12.3. The Hall–Kier alpha value is -3.08. The maximum Gasteiger partial charge on any atom is 0.338 e. The smallest absolute Gasteiger partial charge is 0.338 e. The fourth-order valence-electron chi connectivity index (χ4n) is 3.67. The van der Waals surface area contributed by atoms with E-state index in [-0.39, 0.29) is 12.2 Å². The highest BCUT2D eigenvalue weighted by Crippen LogP contribution is 2.54. The maximum absolute atomic E-state index is 12.3. The van der Waals surface area contributed by atoms with E-state index in [0.717, 1.165) is 0 Å². The van der Waals surface area contributed by atoms with Crippen LogP contribution in [-0.2, 0) is 9.47 Å². The van der Waals surface area contributed by atoms with Crippen molar-refractivity contribution in [1.29, 1.82) is 0 Å². The van der Waals surface area contributed by atoms with Crippen molar-refractivity contribution in [2.45, 2.75) is 36.6 Å². The van der Waals surface area contributed by atoms with E-state index in [1.54, 1.807) is 30.3 Å². The summed E-state index contributed by atoms with van der Waals surface area (Å²) >= 11 is 0. The zero-order valence-corrected chi connectivity index (χ0v) is 14.5. The van der Waals surface area contributed by atoms with Crippen molar-refractivity contribution in [1.82, 2.24) is 19.5 Å². The van der Waals surface area contributed by atoms with Gasteiger partial charge in [-0.3, -0.25) is 4.57 Å². The minimum atomic E-state index is -1.26. The summed E-state index contributed by atoms with van der Waals surface area (Å²) in [5, 5.41) is 21.1. The number of nitrogens with two attached hydrogens (primary N) is 1. The molecule has 0 amide bonds. The van der Waals surface area contributed by atoms with Gasteiger partial charge in [0, 0.05) is 6.42 Å². The van der Waals surface area contributed by atoms with Crippen molar-refractivity contribution >= 4 is 23.0 Å². The van der Waals surface area contributed by atoms with Crippen molar-refractivity contribution in [3.8, 4) is 0 Å². The zero-order valence-electron chi connectivity index (χ0n) is 14.5. The van der Waals surface area contributed by atoms with Crippen molar-refractivity contribution in [2.75, 3.05) is 5.73 Å². The number of aliphatic hydroxyl groups excluding tert-OH is 2. The van der Waals surface area contributed by atoms with Crippen LogP contribution in [0.1, 0.15) is 23.0 Å². The summed E-state index contributed by atoms with van der Waals surface area (Å²) < 4.78 is 12.9. The van der Waals surface area contributed by atoms with Gasteiger partial charge in [-0.1, -0.05) is 18.2 Å². The Morgan fingerprint density at radius 2 is 2.04 bits per heavy atom. The lowest BCUT2D eigenvalue weighted by molar-refractivity contribution is -0.0669. The van der Waals surface area contributed by atoms with Gasteiger partial charge in [-0.25, -0.2) is 19.7 Å². The van der Waals surface area contributed by atoms with Gasteiger partial charge in [0.05, 0.1) is 11.9 Å². The average Bonchev–Trinajstić information content (AvgIpc) is 3.10. The van der Waals surface area contributed by atoms with Crippen molar-refractivity contribution in [3.63, 3.8) is 0 Å². The molecule has 2 aliphatic rings. The first-order valence-electron chi connectivity index (χ1n) is 8.74. The molecule has 4 N–H and O–H groups in total. The first-order valence-corrected chi connectivity index (χ1v) is 8.74. The van der Waals surface area contributed by atoms with Gasteiger partial charge in [0.1, 0.15) is 35.8 Å². The Labute approximate surface area is 158 Å². The lowest BCUT2D eigenvalue weighted by Gasteiger charge is -2.16. The monoisotopic (exact) mass is 383 g/mol. The first kappa shape index (κ1) is 17.0. The number of aromatic nitrogens is 4. The largest absolute Gasteiger partial charge is 0.455 e. The van der Waals surface area contributed by atoms with Crippen LogP contribution in [0.3, 0.4) is 0 Å². The molecule has 28 heavy (non-hydrogen) atoms. The number of ether oxygens (including phenoxy) is 2. The number of benzene rings is 1. The highest BCUT2D eigenvalue weighted by molar-refractivity contribution is 5.89. The second-order valence-electron chi connectivity index (χ2n) is 6.95. The summed E-state index contributed by atoms with van der Waals surface area (Å²) in [6.45, 7) is 0. The van der Waals surface area contributed by atoms with Gasteiger partial charge in [0.15, 0.2) is 17.7 Å². The summed E-state index contributed by atoms with van der Waals surface area (Å²) in [5.74, 6) is -0.308. The fourth-order valence-corrected chi connectivity index (χ4v) is 3.67. The molecule has 2 fully saturated rings. The molecule has 5 rings (SSSR count). The quantitative estimate of drug-likeness (QED) is 0.533. The number of hydrogen-bond donors (Lipinski definition) is 3. The van der Waals surface area contributed by atoms with Crippen LogP contribution in [0, 0.1) is 0 Å². The summed E-state index contributed by atoms with van der Waals surface area (Å²) in [6.07, 6.45) is -1.12. The molecule has 2 aromatic heterocycles. The zero-order chi connectivity index (χ0) is 19.5. The Morgan fingerprint density at radius 1 is 1.25 bits per heavy atom. The number of esters is 1. The molecule has 3 heterocycles. The van der Waals surface area contributed by atoms with Crippen molar-refractivity contribution < 1.29 is 24.5 Å². The number of rotatable bonds is 3. The molecule has 144 valence electrons. The third kappa shape index (κ3) is 2.39. The van der Waals surface area contributed by atoms with Gasteiger partial charge in [-0.05, 0) is 12.1 Å². The summed E-state index contributed by atoms with van der Waals surface area (Å²) in [5.41, 5.74) is 5.78. The number of nitrogen functional groups attached to an aromatic ring is 1. The predicted molar refractivity (Wildman–Crippen MR) is 94.9 cm³/mol. The number of aliphatic hydroxyl groups is 2. The van der Waals surface area contributed by atoms with Crippen LogP contribution in [0.4, 0.5) is 5.82 Å². The number of carbonyl (C=O) groups is 1. The van der Waals surface area contributed by atoms with E-state index in [9.17, 15) is 15.0 Å². The minimum Gasteiger partial charge on any atom is -0.455 e. The molecule has 1 aromatic carbocycles. The third-order valence-corrected chi connectivity index (χ3v) is 5.27. The van der Waals surface area contributed by atoms with Gasteiger partial charge in [-0.15, -0.1) is 0 Å². The Bertz CT molecular complexity index is 1060. The number of anilines is 1. The van der Waals surface area contributed by atoms with Crippen LogP contribution in [-0.4, -0.2) is 59.6 Å². The van der Waals surface area contributed by atoms with Gasteiger partial charge >= 0.3 is 5.97 Å². The van der Waals surface area contributed by atoms with E-state index in [1.807, 2.05) is 0 Å². The lowest BCUT2D eigenvalue weighted by Crippen LogP contribution is -2.35. The van der Waals surface area contributed by atoms with Gasteiger partial charge in [0.2, 0.25) is 0 Å². The van der Waals surface area contributed by atoms with E-state index in [0.29, 0.717) is 16.7 Å². The topological polar surface area (TPSA) is 146 Å². The van der Waals surface area contributed by atoms with E-state index >= 15 is 0 Å². The van der Waals surface area contributed by atoms with E-state index < -0.39 is 36.1 Å². The van der Waals surface area contributed by atoms with Gasteiger partial charge in [-0.2, -0.15) is 0 Å². The van der Waals surface area contributed by atoms with Crippen LogP contribution < -0.4 is 5.73 Å². The molecular weight excluding hydrogens is 366 g/mol. The second kappa shape index (κ2) is 5.96. The molecule has 5 atom stereocenters. The number of hydrogen-bond acceptors (Lipinski definition) is 9. The summed E-state index contributed by atoms with van der Waals surface area (Å²) in [4.78, 5) is 24.4. The fraction of sp³-hybridized carbons (Fsp3) is 0.333. The lowest BCUT2D eigenvalue weighted by atomic mass is 10.1. The highest BCUT2D eigenvalue weighted by Gasteiger charge is 2.71. The summed E-state index contributed by atoms with van der Waals surface area (Å²) in [6, 6.07) is 8.55. The first-order chi connectivity index (χ1) is 13.5. The molecule has 1 spiro atoms. The number of fused-ring (bicyclic) bond motifs is 1. The molecule has 10 nitrogen and oxygen atoms in total. The second-order valence-corrected chi connectivity index (χ2v) is 6.95. The minimum absolute atomic E-state index is 0.201. The molecule has 1 saturated heterocycles. The summed E-state index contributed by atoms with van der Waals surface area (Å²) in [7, 11) is 0. The molecule has 1 aliphatic carbocycles. The van der Waals surface area contributed by atoms with Crippen molar-refractivity contribution in [2.24, 2.45) is 0 Å². The van der Waals surface area contributed by atoms with Gasteiger partial charge < -0.3 is 25.4 Å². The number of nitrogens with zero attached hydrogens (tertiary/aromatic N) is 4. The van der Waals surface area contributed by atoms with Crippen LogP contribution in [0.2, 0.25) is 0 Å². The van der Waals surface area contributed by atoms with Crippen LogP contribution in [0.25, 0.3) is 11.2 Å². The Morgan fingerprint density at radius 3 is 2.82 bits per heavy atom. The number of imidazole rings is 1. The molecule has 1 saturated carbocycles. The third-order valence-electron chi connectivity index (χ3n) is 5.27. The molecule has 2 unspecified atom stereocenters. The standard InChI is InChI=1S/C18H17N5O5/c19-14-11-15(21-7-20-14)23(8-22-11)16-12(24)13(25)18(28-16)6-10(18)27-17(26)9-4-2-1-3-5-9/h1-5,7-8,10,12-13,16,24-25H,6H2,(H2,19,20,21)/t10-,12?,13?,16-,18-/m1/s1. The molecule has 10 heteroatoms. The molecule has 1 aliphatic heterocycles. The Kier molecular flexibility index (Phi) is 3.63. The SMILES string of the molecule is Nc1ncnc2c1ncn2[C@@H]1O[C@@]2(C[C@H]2OC(=O)c2ccccc2)C(O)C1O. The van der Waals surface area contributed by atoms with E-state index in [2.05, 4.69) is 15.0 Å². The average molecular weight is 383 g/mol. The number of carbonyl (C=O) groups excluding carboxylic acids is 1. The van der Waals surface area contributed by atoms with Gasteiger partial charge in [0.25, 0.3) is 0 Å². The molecule has 3 aromatic rings. The molecular formula is C18H17N5O5. The van der Waals surface area contributed by atoms with Crippen LogP contribution >= 0.6 is 0 Å². The molecule has 0 radical (unpaired) electrons. The van der Waals surface area contributed by atoms with E-state index in [4.69, 9.17) is 15.2 Å². The highest BCUT2D eigenvalue weighted by atomic mass is 16.6. The van der Waals surface area contributed by atoms with Crippen LogP contribution in [0.5, 0.6) is 0 Å². The Balaban J connectivity index is 1.39. The molecule has 0 bridgehead atoms. The van der Waals surface area contributed by atoms with E-state index in [1.165, 1.54) is 17.2 Å².